The number of halogens is 1. The average Bonchev–Trinajstić information content (AvgIpc) is 2.27. The Morgan fingerprint density at radius 1 is 1.44 bits per heavy atom. The average molecular weight is 222 g/mol. The summed E-state index contributed by atoms with van der Waals surface area (Å²) in [6.45, 7) is 3.23. The van der Waals surface area contributed by atoms with Crippen molar-refractivity contribution in [3.63, 3.8) is 0 Å². The fourth-order valence-corrected chi connectivity index (χ4v) is 2.50. The molecule has 1 aromatic heterocycles. The van der Waals surface area contributed by atoms with Crippen LogP contribution >= 0.6 is 0 Å². The molecule has 1 aliphatic rings. The van der Waals surface area contributed by atoms with E-state index in [1.54, 1.807) is 6.07 Å². The molecule has 0 spiro atoms. The van der Waals surface area contributed by atoms with E-state index in [2.05, 4.69) is 17.2 Å². The molecular weight excluding hydrogens is 203 g/mol. The molecule has 1 heterocycles. The Labute approximate surface area is 96.3 Å². The number of nitrogens with zero attached hydrogens (tertiary/aromatic N) is 1. The maximum absolute atomic E-state index is 12.8. The number of hydrogen-bond acceptors (Lipinski definition) is 2. The Balaban J connectivity index is 1.82. The first-order valence-electron chi connectivity index (χ1n) is 6.10. The summed E-state index contributed by atoms with van der Waals surface area (Å²) in [4.78, 5) is 3.80. The zero-order chi connectivity index (χ0) is 11.4. The van der Waals surface area contributed by atoms with Crippen molar-refractivity contribution in [1.29, 1.82) is 0 Å². The largest absolute Gasteiger partial charge is 0.370 e. The van der Waals surface area contributed by atoms with Gasteiger partial charge in [-0.05, 0) is 36.8 Å². The van der Waals surface area contributed by atoms with Gasteiger partial charge in [-0.2, -0.15) is 4.39 Å². The fraction of sp³-hybridized carbons (Fsp3) is 0.615. The first-order valence-corrected chi connectivity index (χ1v) is 6.10. The van der Waals surface area contributed by atoms with E-state index in [-0.39, 0.29) is 0 Å². The highest BCUT2D eigenvalue weighted by atomic mass is 19.1. The third kappa shape index (κ3) is 3.19. The predicted octanol–water partition coefficient (Wildman–Crippen LogP) is 3.46. The van der Waals surface area contributed by atoms with Gasteiger partial charge in [0.05, 0.1) is 0 Å². The van der Waals surface area contributed by atoms with Crippen LogP contribution in [0.3, 0.4) is 0 Å². The van der Waals surface area contributed by atoms with Gasteiger partial charge in [0.1, 0.15) is 5.82 Å². The SMILES string of the molecule is CC1CCCC(CNc2cccc(F)n2)C1. The van der Waals surface area contributed by atoms with Crippen molar-refractivity contribution in [2.45, 2.75) is 32.6 Å². The lowest BCUT2D eigenvalue weighted by atomic mass is 9.82. The van der Waals surface area contributed by atoms with Crippen molar-refractivity contribution >= 4 is 5.82 Å². The van der Waals surface area contributed by atoms with E-state index >= 15 is 0 Å². The molecule has 3 heteroatoms. The van der Waals surface area contributed by atoms with Gasteiger partial charge in [-0.15, -0.1) is 0 Å². The third-order valence-electron chi connectivity index (χ3n) is 3.33. The number of hydrogen-bond donors (Lipinski definition) is 1. The first kappa shape index (κ1) is 11.4. The van der Waals surface area contributed by atoms with Gasteiger partial charge in [0, 0.05) is 6.54 Å². The van der Waals surface area contributed by atoms with Crippen molar-refractivity contribution in [1.82, 2.24) is 4.98 Å². The summed E-state index contributed by atoms with van der Waals surface area (Å²) >= 11 is 0. The van der Waals surface area contributed by atoms with Crippen LogP contribution < -0.4 is 5.32 Å². The van der Waals surface area contributed by atoms with E-state index in [0.717, 1.165) is 12.5 Å². The molecule has 1 saturated carbocycles. The molecule has 1 aromatic rings. The van der Waals surface area contributed by atoms with E-state index in [0.29, 0.717) is 11.7 Å². The molecule has 0 bridgehead atoms. The molecule has 1 N–H and O–H groups in total. The molecule has 0 radical (unpaired) electrons. The van der Waals surface area contributed by atoms with Gasteiger partial charge in [-0.1, -0.05) is 25.8 Å². The van der Waals surface area contributed by atoms with E-state index < -0.39 is 5.95 Å². The smallest absolute Gasteiger partial charge is 0.214 e. The molecule has 16 heavy (non-hydrogen) atoms. The number of nitrogens with one attached hydrogen (secondary N) is 1. The van der Waals surface area contributed by atoms with Gasteiger partial charge in [0.25, 0.3) is 0 Å². The molecule has 2 nitrogen and oxygen atoms in total. The van der Waals surface area contributed by atoms with Crippen LogP contribution in [0.15, 0.2) is 18.2 Å². The second kappa shape index (κ2) is 5.28. The lowest BCUT2D eigenvalue weighted by Gasteiger charge is -2.26. The summed E-state index contributed by atoms with van der Waals surface area (Å²) in [7, 11) is 0. The zero-order valence-corrected chi connectivity index (χ0v) is 9.75. The molecule has 0 amide bonds. The van der Waals surface area contributed by atoms with Crippen LogP contribution in [-0.4, -0.2) is 11.5 Å². The minimum atomic E-state index is -0.415. The second-order valence-corrected chi connectivity index (χ2v) is 4.86. The molecule has 2 atom stereocenters. The number of anilines is 1. The Morgan fingerprint density at radius 3 is 3.06 bits per heavy atom. The van der Waals surface area contributed by atoms with Gasteiger partial charge in [-0.25, -0.2) is 4.98 Å². The van der Waals surface area contributed by atoms with E-state index in [9.17, 15) is 4.39 Å². The Bertz CT molecular complexity index is 340. The topological polar surface area (TPSA) is 24.9 Å². The molecule has 0 saturated heterocycles. The number of pyridine rings is 1. The van der Waals surface area contributed by atoms with Gasteiger partial charge < -0.3 is 5.32 Å². The molecule has 1 fully saturated rings. The van der Waals surface area contributed by atoms with Gasteiger partial charge in [0.15, 0.2) is 0 Å². The number of aromatic nitrogens is 1. The van der Waals surface area contributed by atoms with Crippen LogP contribution in [-0.2, 0) is 0 Å². The van der Waals surface area contributed by atoms with E-state index in [1.165, 1.54) is 31.7 Å². The van der Waals surface area contributed by atoms with Gasteiger partial charge >= 0.3 is 0 Å². The Hall–Kier alpha value is -1.12. The van der Waals surface area contributed by atoms with Crippen LogP contribution in [0.4, 0.5) is 10.2 Å². The van der Waals surface area contributed by atoms with E-state index in [1.807, 2.05) is 6.07 Å². The number of rotatable bonds is 3. The van der Waals surface area contributed by atoms with Crippen LogP contribution in [0.2, 0.25) is 0 Å². The van der Waals surface area contributed by atoms with E-state index in [4.69, 9.17) is 0 Å². The fourth-order valence-electron chi connectivity index (χ4n) is 2.50. The van der Waals surface area contributed by atoms with Crippen molar-refractivity contribution in [3.05, 3.63) is 24.1 Å². The summed E-state index contributed by atoms with van der Waals surface area (Å²) in [6, 6.07) is 4.87. The van der Waals surface area contributed by atoms with Gasteiger partial charge in [0.2, 0.25) is 5.95 Å². The minimum absolute atomic E-state index is 0.415. The first-order chi connectivity index (χ1) is 7.74. The summed E-state index contributed by atoms with van der Waals surface area (Å²) in [5, 5.41) is 3.22. The standard InChI is InChI=1S/C13H19FN2/c1-10-4-2-5-11(8-10)9-15-13-7-3-6-12(14)16-13/h3,6-7,10-11H,2,4-5,8-9H2,1H3,(H,15,16). The quantitative estimate of drug-likeness (QED) is 0.792. The molecule has 2 rings (SSSR count). The van der Waals surface area contributed by atoms with Crippen LogP contribution in [0.25, 0.3) is 0 Å². The van der Waals surface area contributed by atoms with Crippen LogP contribution in [0.1, 0.15) is 32.6 Å². The Kier molecular flexibility index (Phi) is 3.75. The second-order valence-electron chi connectivity index (χ2n) is 4.86. The molecule has 88 valence electrons. The van der Waals surface area contributed by atoms with Crippen molar-refractivity contribution in [3.8, 4) is 0 Å². The Morgan fingerprint density at radius 2 is 2.31 bits per heavy atom. The highest BCUT2D eigenvalue weighted by molar-refractivity contribution is 5.33. The van der Waals surface area contributed by atoms with Crippen molar-refractivity contribution in [2.75, 3.05) is 11.9 Å². The minimum Gasteiger partial charge on any atom is -0.370 e. The highest BCUT2D eigenvalue weighted by Crippen LogP contribution is 2.28. The summed E-state index contributed by atoms with van der Waals surface area (Å²) < 4.78 is 12.8. The van der Waals surface area contributed by atoms with Gasteiger partial charge in [-0.3, -0.25) is 0 Å². The lowest BCUT2D eigenvalue weighted by molar-refractivity contribution is 0.293. The predicted molar refractivity (Wildman–Crippen MR) is 63.8 cm³/mol. The molecular formula is C13H19FN2. The maximum Gasteiger partial charge on any atom is 0.214 e. The van der Waals surface area contributed by atoms with Crippen molar-refractivity contribution < 1.29 is 4.39 Å². The molecule has 0 aliphatic heterocycles. The van der Waals surface area contributed by atoms with Crippen LogP contribution in [0, 0.1) is 17.8 Å². The van der Waals surface area contributed by atoms with Crippen LogP contribution in [0.5, 0.6) is 0 Å². The lowest BCUT2D eigenvalue weighted by Crippen LogP contribution is -2.21. The molecule has 2 unspecified atom stereocenters. The summed E-state index contributed by atoms with van der Waals surface area (Å²) in [5.74, 6) is 1.79. The van der Waals surface area contributed by atoms with Crippen molar-refractivity contribution in [2.24, 2.45) is 11.8 Å². The summed E-state index contributed by atoms with van der Waals surface area (Å²) in [6.07, 6.45) is 5.24. The maximum atomic E-state index is 12.8. The summed E-state index contributed by atoms with van der Waals surface area (Å²) in [5.41, 5.74) is 0. The monoisotopic (exact) mass is 222 g/mol. The normalized spacial score (nSPS) is 25.4. The molecule has 0 aromatic carbocycles. The third-order valence-corrected chi connectivity index (χ3v) is 3.33. The zero-order valence-electron chi connectivity index (χ0n) is 9.75. The molecule has 1 aliphatic carbocycles. The highest BCUT2D eigenvalue weighted by Gasteiger charge is 2.18.